The van der Waals surface area contributed by atoms with Gasteiger partial charge in [-0.3, -0.25) is 4.90 Å². The zero-order valence-electron chi connectivity index (χ0n) is 23.6. The minimum absolute atomic E-state index is 0.0208. The fraction of sp³-hybridized carbons (Fsp3) is 0.438. The smallest absolute Gasteiger partial charge is 0.320 e. The van der Waals surface area contributed by atoms with E-state index in [0.29, 0.717) is 64.8 Å². The molecule has 0 aliphatic carbocycles. The molecule has 11 heteroatoms. The summed E-state index contributed by atoms with van der Waals surface area (Å²) in [6.07, 6.45) is 11.1. The van der Waals surface area contributed by atoms with Crippen molar-refractivity contribution in [1.29, 1.82) is 0 Å². The molecule has 2 N–H and O–H groups in total. The van der Waals surface area contributed by atoms with Gasteiger partial charge in [0.2, 0.25) is 0 Å². The highest BCUT2D eigenvalue weighted by Crippen LogP contribution is 2.41. The third-order valence-electron chi connectivity index (χ3n) is 9.60. The van der Waals surface area contributed by atoms with Crippen LogP contribution in [0.2, 0.25) is 0 Å². The fourth-order valence-corrected chi connectivity index (χ4v) is 7.68. The molecule has 0 amide bonds. The Hall–Kier alpha value is -4.14. The van der Waals surface area contributed by atoms with E-state index in [1.807, 2.05) is 0 Å². The van der Waals surface area contributed by atoms with Gasteiger partial charge in [0.05, 0.1) is 16.5 Å². The molecule has 9 nitrogen and oxygen atoms in total. The van der Waals surface area contributed by atoms with E-state index in [4.69, 9.17) is 26.1 Å². The minimum Gasteiger partial charge on any atom is -0.508 e. The third-order valence-corrected chi connectivity index (χ3v) is 9.60. The van der Waals surface area contributed by atoms with Crippen molar-refractivity contribution in [2.75, 3.05) is 37.7 Å². The van der Waals surface area contributed by atoms with Crippen molar-refractivity contribution in [3.8, 4) is 35.5 Å². The molecule has 6 heterocycles. The number of aromatic nitrogens is 4. The first-order chi connectivity index (χ1) is 20.9. The maximum atomic E-state index is 14.8. The molecule has 0 spiro atoms. The number of ether oxygens (including phenoxy) is 1. The first-order valence-electron chi connectivity index (χ1n) is 14.9. The van der Waals surface area contributed by atoms with Crippen LogP contribution in [-0.4, -0.2) is 86.5 Å². The number of piperazine rings is 1. The van der Waals surface area contributed by atoms with Crippen molar-refractivity contribution < 1.29 is 18.6 Å². The van der Waals surface area contributed by atoms with Gasteiger partial charge in [-0.2, -0.15) is 9.97 Å². The van der Waals surface area contributed by atoms with E-state index in [0.717, 1.165) is 45.3 Å². The summed E-state index contributed by atoms with van der Waals surface area (Å²) in [5.74, 6) is 2.81. The summed E-state index contributed by atoms with van der Waals surface area (Å²) in [7, 11) is 0. The molecule has 4 fully saturated rings. The van der Waals surface area contributed by atoms with Crippen LogP contribution in [0.15, 0.2) is 30.5 Å². The van der Waals surface area contributed by atoms with Gasteiger partial charge in [0.1, 0.15) is 30.2 Å². The molecule has 0 saturated carbocycles. The zero-order chi connectivity index (χ0) is 29.3. The summed E-state index contributed by atoms with van der Waals surface area (Å²) < 4.78 is 35.5. The van der Waals surface area contributed by atoms with E-state index in [1.165, 1.54) is 18.2 Å². The predicted octanol–water partition coefficient (Wildman–Crippen LogP) is 3.96. The number of hydrogen-bond acceptors (Lipinski definition) is 9. The molecule has 2 aromatic heterocycles. The topological polar surface area (TPSA) is 99.5 Å². The highest BCUT2D eigenvalue weighted by atomic mass is 19.1. The van der Waals surface area contributed by atoms with Gasteiger partial charge in [-0.05, 0) is 55.8 Å². The molecule has 8 rings (SSSR count). The quantitative estimate of drug-likeness (QED) is 0.338. The number of terminal acetylenes is 1. The van der Waals surface area contributed by atoms with Gasteiger partial charge < -0.3 is 20.1 Å². The molecular formula is C32H31F2N7O2. The monoisotopic (exact) mass is 583 g/mol. The van der Waals surface area contributed by atoms with Gasteiger partial charge in [-0.25, -0.2) is 18.7 Å². The highest BCUT2D eigenvalue weighted by molar-refractivity contribution is 6.01. The van der Waals surface area contributed by atoms with Crippen LogP contribution in [0.5, 0.6) is 11.8 Å². The molecule has 4 saturated heterocycles. The van der Waals surface area contributed by atoms with E-state index >= 15 is 0 Å². The molecule has 0 radical (unpaired) electrons. The molecule has 3 unspecified atom stereocenters. The maximum absolute atomic E-state index is 14.8. The van der Waals surface area contributed by atoms with Crippen LogP contribution in [0.25, 0.3) is 33.2 Å². The van der Waals surface area contributed by atoms with Crippen LogP contribution in [0.3, 0.4) is 0 Å². The third kappa shape index (κ3) is 4.43. The average Bonchev–Trinajstić information content (AvgIpc) is 3.65. The fourth-order valence-electron chi connectivity index (χ4n) is 7.68. The second kappa shape index (κ2) is 9.96. The number of phenolic OH excluding ortho intramolecular Hbond substituents is 1. The molecule has 4 aromatic rings. The Morgan fingerprint density at radius 2 is 1.98 bits per heavy atom. The Morgan fingerprint density at radius 3 is 2.79 bits per heavy atom. The Kier molecular flexibility index (Phi) is 6.14. The van der Waals surface area contributed by atoms with Crippen molar-refractivity contribution in [1.82, 2.24) is 30.2 Å². The summed E-state index contributed by atoms with van der Waals surface area (Å²) in [5.41, 5.74) is 0.483. The Morgan fingerprint density at radius 1 is 1.14 bits per heavy atom. The number of nitrogens with one attached hydrogen (secondary N) is 1. The molecule has 4 aliphatic rings. The van der Waals surface area contributed by atoms with Crippen molar-refractivity contribution in [2.45, 2.75) is 55.9 Å². The summed E-state index contributed by atoms with van der Waals surface area (Å²) in [6, 6.07) is 6.78. The largest absolute Gasteiger partial charge is 0.508 e. The molecular weight excluding hydrogens is 552 g/mol. The number of alkyl halides is 1. The molecule has 4 aliphatic heterocycles. The zero-order valence-corrected chi connectivity index (χ0v) is 23.6. The maximum Gasteiger partial charge on any atom is 0.320 e. The number of rotatable bonds is 5. The Balaban J connectivity index is 1.24. The number of anilines is 1. The van der Waals surface area contributed by atoms with Gasteiger partial charge in [0.25, 0.3) is 0 Å². The van der Waals surface area contributed by atoms with E-state index in [9.17, 15) is 13.9 Å². The lowest BCUT2D eigenvalue weighted by Gasteiger charge is -2.34. The van der Waals surface area contributed by atoms with Crippen LogP contribution in [0, 0.1) is 18.2 Å². The van der Waals surface area contributed by atoms with Crippen molar-refractivity contribution in [3.05, 3.63) is 41.8 Å². The first-order valence-corrected chi connectivity index (χ1v) is 14.9. The lowest BCUT2D eigenvalue weighted by molar-refractivity contribution is 0.107. The van der Waals surface area contributed by atoms with E-state index < -0.39 is 12.0 Å². The number of aromatic hydroxyl groups is 1. The number of fused-ring (bicyclic) bond motifs is 5. The first kappa shape index (κ1) is 26.5. The van der Waals surface area contributed by atoms with Crippen LogP contribution in [-0.2, 0) is 0 Å². The summed E-state index contributed by atoms with van der Waals surface area (Å²) >= 11 is 0. The van der Waals surface area contributed by atoms with Crippen LogP contribution < -0.4 is 15.0 Å². The van der Waals surface area contributed by atoms with Crippen LogP contribution in [0.4, 0.5) is 14.6 Å². The Bertz CT molecular complexity index is 1800. The SMILES string of the molecule is C#Cc1c(F)ccc2cc(O)cc(-c3ncc4c(N5CC6CCC(C5)N6)nc(OCC56CCCN5C[C@H](F)C6)nc4n3)c12. The molecule has 2 aromatic carbocycles. The van der Waals surface area contributed by atoms with Gasteiger partial charge in [0.15, 0.2) is 11.5 Å². The number of halogens is 2. The molecule has 4 atom stereocenters. The number of phenols is 1. The molecule has 2 bridgehead atoms. The normalized spacial score (nSPS) is 26.7. The van der Waals surface area contributed by atoms with Crippen molar-refractivity contribution in [3.63, 3.8) is 0 Å². The number of nitrogens with zero attached hydrogens (tertiary/aromatic N) is 6. The lowest BCUT2D eigenvalue weighted by atomic mass is 9.95. The second-order valence-corrected chi connectivity index (χ2v) is 12.3. The Labute approximate surface area is 247 Å². The van der Waals surface area contributed by atoms with Gasteiger partial charge in [0, 0.05) is 55.3 Å². The number of hydrogen-bond donors (Lipinski definition) is 2. The van der Waals surface area contributed by atoms with E-state index in [2.05, 4.69) is 26.0 Å². The molecule has 43 heavy (non-hydrogen) atoms. The van der Waals surface area contributed by atoms with Gasteiger partial charge in [-0.15, -0.1) is 6.42 Å². The standard InChI is InChI=1S/C32H31F2N7O2/c1-2-23-26(34)7-4-18-10-22(42)11-24(27(18)23)28-35-13-25-29(37-28)38-31(39-30(25)40-15-20-5-6-21(16-40)36-20)43-17-32-8-3-9-41(32)14-19(33)12-32/h1,4,7,10-11,13,19-21,36,42H,3,5-6,8-9,12,14-17H2/t19-,20?,21?,32?/m1/s1. The van der Waals surface area contributed by atoms with Crippen molar-refractivity contribution in [2.24, 2.45) is 0 Å². The summed E-state index contributed by atoms with van der Waals surface area (Å²) in [6.45, 7) is 3.17. The minimum atomic E-state index is -0.863. The highest BCUT2D eigenvalue weighted by Gasteiger charge is 2.49. The second-order valence-electron chi connectivity index (χ2n) is 12.3. The average molecular weight is 584 g/mol. The van der Waals surface area contributed by atoms with Gasteiger partial charge >= 0.3 is 6.01 Å². The van der Waals surface area contributed by atoms with Crippen molar-refractivity contribution >= 4 is 27.6 Å². The van der Waals surface area contributed by atoms with Crippen LogP contribution in [0.1, 0.15) is 37.7 Å². The van der Waals surface area contributed by atoms with E-state index in [1.54, 1.807) is 12.3 Å². The van der Waals surface area contributed by atoms with Gasteiger partial charge in [-0.1, -0.05) is 12.0 Å². The molecule has 220 valence electrons. The number of benzene rings is 2. The van der Waals surface area contributed by atoms with Crippen LogP contribution >= 0.6 is 0 Å². The summed E-state index contributed by atoms with van der Waals surface area (Å²) in [4.78, 5) is 23.5. The lowest BCUT2D eigenvalue weighted by Crippen LogP contribution is -2.51. The predicted molar refractivity (Wildman–Crippen MR) is 158 cm³/mol. The van der Waals surface area contributed by atoms with E-state index in [-0.39, 0.29) is 28.7 Å². The summed E-state index contributed by atoms with van der Waals surface area (Å²) in [5, 5.41) is 15.8.